The Balaban J connectivity index is 1.83. The lowest BCUT2D eigenvalue weighted by molar-refractivity contribution is -0.118. The van der Waals surface area contributed by atoms with Crippen LogP contribution in [0.2, 0.25) is 0 Å². The molecule has 2 unspecified atom stereocenters. The van der Waals surface area contributed by atoms with E-state index in [-0.39, 0.29) is 5.91 Å². The summed E-state index contributed by atoms with van der Waals surface area (Å²) in [7, 11) is 1.79. The van der Waals surface area contributed by atoms with Gasteiger partial charge in [-0.3, -0.25) is 4.79 Å². The Bertz CT molecular complexity index is 544. The van der Waals surface area contributed by atoms with E-state index in [1.54, 1.807) is 11.9 Å². The van der Waals surface area contributed by atoms with Crippen LogP contribution in [0, 0.1) is 0 Å². The highest BCUT2D eigenvalue weighted by atomic mass is 16.5. The minimum absolute atomic E-state index is 0.0343. The number of benzene rings is 1. The molecule has 0 aliphatic carbocycles. The lowest BCUT2D eigenvalue weighted by Crippen LogP contribution is -2.39. The van der Waals surface area contributed by atoms with Crippen LogP contribution in [0.3, 0.4) is 0 Å². The monoisotopic (exact) mass is 289 g/mol. The average Bonchev–Trinajstić information content (AvgIpc) is 2.72. The predicted octanol–water partition coefficient (Wildman–Crippen LogP) is 1.67. The molecule has 1 fully saturated rings. The first-order chi connectivity index (χ1) is 10.1. The quantitative estimate of drug-likeness (QED) is 0.919. The van der Waals surface area contributed by atoms with Gasteiger partial charge in [0.1, 0.15) is 6.04 Å². The Morgan fingerprint density at radius 3 is 3.00 bits per heavy atom. The van der Waals surface area contributed by atoms with E-state index >= 15 is 0 Å². The van der Waals surface area contributed by atoms with E-state index in [4.69, 9.17) is 10.5 Å². The molecule has 3 rings (SSSR count). The number of carbonyl (C=O) groups is 1. The van der Waals surface area contributed by atoms with Crippen LogP contribution in [-0.4, -0.2) is 38.8 Å². The van der Waals surface area contributed by atoms with Crippen LogP contribution in [0.1, 0.15) is 31.4 Å². The van der Waals surface area contributed by atoms with Crippen molar-refractivity contribution in [3.05, 3.63) is 23.8 Å². The molecule has 1 aromatic carbocycles. The number of nitrogens with zero attached hydrogens (tertiary/aromatic N) is 2. The Labute approximate surface area is 125 Å². The van der Waals surface area contributed by atoms with E-state index < -0.39 is 6.04 Å². The molecular weight excluding hydrogens is 266 g/mol. The minimum Gasteiger partial charge on any atom is -0.377 e. The molecule has 5 nitrogen and oxygen atoms in total. The fourth-order valence-electron chi connectivity index (χ4n) is 3.29. The third kappa shape index (κ3) is 2.51. The topological polar surface area (TPSA) is 58.8 Å². The van der Waals surface area contributed by atoms with Crippen molar-refractivity contribution in [3.63, 3.8) is 0 Å². The lowest BCUT2D eigenvalue weighted by Gasteiger charge is -2.34. The minimum atomic E-state index is -0.517. The highest BCUT2D eigenvalue weighted by Gasteiger charge is 2.33. The molecule has 2 heterocycles. The molecule has 0 radical (unpaired) electrons. The summed E-state index contributed by atoms with van der Waals surface area (Å²) in [6, 6.07) is 5.62. The zero-order valence-corrected chi connectivity index (χ0v) is 12.7. The van der Waals surface area contributed by atoms with Crippen molar-refractivity contribution in [1.29, 1.82) is 0 Å². The molecule has 1 saturated heterocycles. The molecule has 2 atom stereocenters. The van der Waals surface area contributed by atoms with E-state index in [9.17, 15) is 4.79 Å². The standard InChI is InChI=1S/C16H23N3O2/c1-3-21-12-5-4-8-19(10-12)11-6-7-13-14(9-11)18(2)16(20)15(13)17/h6-7,9,12,15H,3-5,8,10,17H2,1-2H3. The van der Waals surface area contributed by atoms with E-state index in [0.717, 1.165) is 49.5 Å². The molecule has 0 saturated carbocycles. The number of hydrogen-bond donors (Lipinski definition) is 1. The molecule has 1 amide bonds. The van der Waals surface area contributed by atoms with Gasteiger partial charge in [-0.2, -0.15) is 0 Å². The van der Waals surface area contributed by atoms with Crippen molar-refractivity contribution in [2.24, 2.45) is 5.73 Å². The van der Waals surface area contributed by atoms with Crippen LogP contribution in [-0.2, 0) is 9.53 Å². The second-order valence-electron chi connectivity index (χ2n) is 5.78. The predicted molar refractivity (Wildman–Crippen MR) is 83.6 cm³/mol. The number of anilines is 2. The number of likely N-dealkylation sites (N-methyl/N-ethyl adjacent to an activating group) is 1. The molecule has 21 heavy (non-hydrogen) atoms. The van der Waals surface area contributed by atoms with E-state index in [1.165, 1.54) is 0 Å². The molecule has 0 spiro atoms. The highest BCUT2D eigenvalue weighted by Crippen LogP contribution is 2.36. The van der Waals surface area contributed by atoms with Crippen LogP contribution >= 0.6 is 0 Å². The fourth-order valence-corrected chi connectivity index (χ4v) is 3.29. The number of hydrogen-bond acceptors (Lipinski definition) is 4. The molecule has 5 heteroatoms. The molecule has 0 bridgehead atoms. The van der Waals surface area contributed by atoms with Crippen LogP contribution in [0.4, 0.5) is 11.4 Å². The van der Waals surface area contributed by atoms with Gasteiger partial charge in [0.15, 0.2) is 0 Å². The maximum Gasteiger partial charge on any atom is 0.248 e. The van der Waals surface area contributed by atoms with Gasteiger partial charge >= 0.3 is 0 Å². The molecular formula is C16H23N3O2. The summed E-state index contributed by atoms with van der Waals surface area (Å²) in [4.78, 5) is 16.0. The molecule has 2 aliphatic rings. The number of amides is 1. The number of carbonyl (C=O) groups excluding carboxylic acids is 1. The maximum atomic E-state index is 12.0. The van der Waals surface area contributed by atoms with Crippen molar-refractivity contribution in [1.82, 2.24) is 0 Å². The third-order valence-corrected chi connectivity index (χ3v) is 4.45. The smallest absolute Gasteiger partial charge is 0.248 e. The fraction of sp³-hybridized carbons (Fsp3) is 0.562. The van der Waals surface area contributed by atoms with Gasteiger partial charge in [-0.05, 0) is 31.9 Å². The highest BCUT2D eigenvalue weighted by molar-refractivity contribution is 6.04. The maximum absolute atomic E-state index is 12.0. The second kappa shape index (κ2) is 5.66. The third-order valence-electron chi connectivity index (χ3n) is 4.45. The summed E-state index contributed by atoms with van der Waals surface area (Å²) in [5.41, 5.74) is 8.95. The summed E-state index contributed by atoms with van der Waals surface area (Å²) >= 11 is 0. The van der Waals surface area contributed by atoms with Gasteiger partial charge in [-0.1, -0.05) is 6.07 Å². The first-order valence-corrected chi connectivity index (χ1v) is 7.65. The normalized spacial score (nSPS) is 25.4. The van der Waals surface area contributed by atoms with E-state index in [0.29, 0.717) is 6.10 Å². The Morgan fingerprint density at radius 1 is 1.43 bits per heavy atom. The molecule has 1 aromatic rings. The van der Waals surface area contributed by atoms with Gasteiger partial charge in [-0.15, -0.1) is 0 Å². The SMILES string of the molecule is CCOC1CCCN(c2ccc3c(c2)N(C)C(=O)C3N)C1. The first kappa shape index (κ1) is 14.4. The zero-order chi connectivity index (χ0) is 15.0. The summed E-state index contributed by atoms with van der Waals surface area (Å²) < 4.78 is 5.76. The summed E-state index contributed by atoms with van der Waals surface area (Å²) in [6.45, 7) is 4.74. The van der Waals surface area contributed by atoms with E-state index in [2.05, 4.69) is 17.0 Å². The average molecular weight is 289 g/mol. The Kier molecular flexibility index (Phi) is 3.87. The Morgan fingerprint density at radius 2 is 2.24 bits per heavy atom. The van der Waals surface area contributed by atoms with Gasteiger partial charge in [0, 0.05) is 38.0 Å². The summed E-state index contributed by atoms with van der Waals surface area (Å²) in [5, 5.41) is 0. The Hall–Kier alpha value is -1.59. The molecule has 0 aromatic heterocycles. The number of fused-ring (bicyclic) bond motifs is 1. The van der Waals surface area contributed by atoms with Crippen molar-refractivity contribution in [2.75, 3.05) is 36.5 Å². The van der Waals surface area contributed by atoms with Crippen LogP contribution in [0.5, 0.6) is 0 Å². The van der Waals surface area contributed by atoms with Crippen molar-refractivity contribution >= 4 is 17.3 Å². The van der Waals surface area contributed by atoms with Crippen LogP contribution in [0.15, 0.2) is 18.2 Å². The number of rotatable bonds is 3. The van der Waals surface area contributed by atoms with Gasteiger partial charge in [0.05, 0.1) is 11.8 Å². The summed E-state index contributed by atoms with van der Waals surface area (Å²) in [5.74, 6) is -0.0343. The van der Waals surface area contributed by atoms with Gasteiger partial charge < -0.3 is 20.3 Å². The number of piperidine rings is 1. The zero-order valence-electron chi connectivity index (χ0n) is 12.7. The van der Waals surface area contributed by atoms with Crippen LogP contribution < -0.4 is 15.5 Å². The second-order valence-corrected chi connectivity index (χ2v) is 5.78. The molecule has 2 aliphatic heterocycles. The lowest BCUT2D eigenvalue weighted by atomic mass is 10.0. The number of ether oxygens (including phenoxy) is 1. The molecule has 114 valence electrons. The van der Waals surface area contributed by atoms with Crippen molar-refractivity contribution in [2.45, 2.75) is 31.9 Å². The number of nitrogens with two attached hydrogens (primary N) is 1. The van der Waals surface area contributed by atoms with Crippen molar-refractivity contribution < 1.29 is 9.53 Å². The van der Waals surface area contributed by atoms with Gasteiger partial charge in [0.25, 0.3) is 0 Å². The van der Waals surface area contributed by atoms with Gasteiger partial charge in [0.2, 0.25) is 5.91 Å². The van der Waals surface area contributed by atoms with Gasteiger partial charge in [-0.25, -0.2) is 0 Å². The summed E-state index contributed by atoms with van der Waals surface area (Å²) in [6.07, 6.45) is 2.56. The van der Waals surface area contributed by atoms with Crippen molar-refractivity contribution in [3.8, 4) is 0 Å². The van der Waals surface area contributed by atoms with E-state index in [1.807, 2.05) is 13.0 Å². The largest absolute Gasteiger partial charge is 0.377 e. The molecule has 2 N–H and O–H groups in total. The van der Waals surface area contributed by atoms with Crippen LogP contribution in [0.25, 0.3) is 0 Å². The first-order valence-electron chi connectivity index (χ1n) is 7.65.